The van der Waals surface area contributed by atoms with Gasteiger partial charge >= 0.3 is 0 Å². The molecule has 2 aromatic rings. The van der Waals surface area contributed by atoms with E-state index in [1.54, 1.807) is 0 Å². The third kappa shape index (κ3) is 4.75. The molecule has 1 saturated heterocycles. The normalized spacial score (nSPS) is 18.8. The molecule has 3 N–H and O–H groups in total. The second kappa shape index (κ2) is 8.90. The van der Waals surface area contributed by atoms with Crippen LogP contribution in [0.4, 0.5) is 0 Å². The molecule has 0 saturated carbocycles. The van der Waals surface area contributed by atoms with Crippen molar-refractivity contribution in [2.45, 2.75) is 26.7 Å². The molecular formula is C20H31N5. The Labute approximate surface area is 150 Å². The van der Waals surface area contributed by atoms with Crippen LogP contribution in [-0.4, -0.2) is 55.1 Å². The zero-order valence-electron chi connectivity index (χ0n) is 15.5. The fourth-order valence-electron chi connectivity index (χ4n) is 3.57. The number of hydrogen-bond acceptors (Lipinski definition) is 2. The van der Waals surface area contributed by atoms with Gasteiger partial charge < -0.3 is 20.5 Å². The Morgan fingerprint density at radius 3 is 2.96 bits per heavy atom. The van der Waals surface area contributed by atoms with Gasteiger partial charge in [0.15, 0.2) is 5.96 Å². The van der Waals surface area contributed by atoms with Gasteiger partial charge in [0, 0.05) is 43.3 Å². The van der Waals surface area contributed by atoms with E-state index in [9.17, 15) is 0 Å². The summed E-state index contributed by atoms with van der Waals surface area (Å²) in [6.45, 7) is 10.6. The van der Waals surface area contributed by atoms with Crippen LogP contribution in [0.5, 0.6) is 0 Å². The molecule has 1 atom stereocenters. The summed E-state index contributed by atoms with van der Waals surface area (Å²) >= 11 is 0. The van der Waals surface area contributed by atoms with Crippen LogP contribution in [0.1, 0.15) is 25.8 Å². The monoisotopic (exact) mass is 341 g/mol. The number of aliphatic imine (C=N–C) groups is 1. The molecule has 5 nitrogen and oxygen atoms in total. The van der Waals surface area contributed by atoms with Crippen molar-refractivity contribution in [3.8, 4) is 0 Å². The number of guanidine groups is 1. The van der Waals surface area contributed by atoms with Crippen LogP contribution in [0.25, 0.3) is 10.9 Å². The molecule has 1 aliphatic heterocycles. The van der Waals surface area contributed by atoms with E-state index in [2.05, 4.69) is 64.8 Å². The second-order valence-electron chi connectivity index (χ2n) is 6.80. The van der Waals surface area contributed by atoms with E-state index in [-0.39, 0.29) is 0 Å². The number of benzene rings is 1. The minimum Gasteiger partial charge on any atom is -0.361 e. The molecule has 0 amide bonds. The molecule has 0 bridgehead atoms. The summed E-state index contributed by atoms with van der Waals surface area (Å²) in [4.78, 5) is 10.7. The van der Waals surface area contributed by atoms with Crippen LogP contribution in [0.3, 0.4) is 0 Å². The number of fused-ring (bicyclic) bond motifs is 1. The molecule has 2 heterocycles. The zero-order chi connectivity index (χ0) is 17.5. The predicted molar refractivity (Wildman–Crippen MR) is 106 cm³/mol. The van der Waals surface area contributed by atoms with Gasteiger partial charge in [-0.1, -0.05) is 25.1 Å². The molecule has 3 rings (SSSR count). The molecule has 1 aliphatic rings. The standard InChI is InChI=1S/C20H31N5/c1-3-21-20(24-13-16-10-12-25(4-2)15-16)22-11-9-17-14-23-19-8-6-5-7-18(17)19/h5-8,14,16,23H,3-4,9-13,15H2,1-2H3,(H2,21,22,24). The Kier molecular flexibility index (Phi) is 6.34. The van der Waals surface area contributed by atoms with Crippen LogP contribution < -0.4 is 10.6 Å². The number of aromatic amines is 1. The average molecular weight is 342 g/mol. The van der Waals surface area contributed by atoms with Crippen LogP contribution in [0.15, 0.2) is 35.5 Å². The molecule has 5 heteroatoms. The first-order valence-corrected chi connectivity index (χ1v) is 9.59. The lowest BCUT2D eigenvalue weighted by atomic mass is 10.1. The van der Waals surface area contributed by atoms with E-state index in [1.165, 1.54) is 36.0 Å². The Hall–Kier alpha value is -2.01. The molecule has 0 aliphatic carbocycles. The summed E-state index contributed by atoms with van der Waals surface area (Å²) in [7, 11) is 0. The van der Waals surface area contributed by atoms with E-state index < -0.39 is 0 Å². The molecule has 0 spiro atoms. The lowest BCUT2D eigenvalue weighted by molar-refractivity contribution is 0.343. The van der Waals surface area contributed by atoms with Gasteiger partial charge in [-0.15, -0.1) is 0 Å². The topological polar surface area (TPSA) is 55.5 Å². The first-order valence-electron chi connectivity index (χ1n) is 9.59. The van der Waals surface area contributed by atoms with Crippen LogP contribution >= 0.6 is 0 Å². The minimum atomic E-state index is 0.698. The largest absolute Gasteiger partial charge is 0.361 e. The number of nitrogens with one attached hydrogen (secondary N) is 3. The molecule has 136 valence electrons. The Morgan fingerprint density at radius 2 is 2.16 bits per heavy atom. The number of nitrogens with zero attached hydrogens (tertiary/aromatic N) is 2. The number of hydrogen-bond donors (Lipinski definition) is 3. The SMILES string of the molecule is CCNC(=NCC1CCN(CC)C1)NCCc1c[nH]c2ccccc12. The Bertz CT molecular complexity index is 690. The molecule has 25 heavy (non-hydrogen) atoms. The maximum absolute atomic E-state index is 4.81. The minimum absolute atomic E-state index is 0.698. The Balaban J connectivity index is 1.50. The highest BCUT2D eigenvalue weighted by Gasteiger charge is 2.20. The summed E-state index contributed by atoms with van der Waals surface area (Å²) in [5, 5.41) is 8.17. The van der Waals surface area contributed by atoms with Gasteiger partial charge in [0.05, 0.1) is 0 Å². The van der Waals surface area contributed by atoms with Crippen molar-refractivity contribution in [3.05, 3.63) is 36.0 Å². The highest BCUT2D eigenvalue weighted by atomic mass is 15.2. The van der Waals surface area contributed by atoms with Gasteiger partial charge in [-0.05, 0) is 50.4 Å². The number of para-hydroxylation sites is 1. The lowest BCUT2D eigenvalue weighted by Gasteiger charge is -2.14. The first-order chi connectivity index (χ1) is 12.3. The fourth-order valence-corrected chi connectivity index (χ4v) is 3.57. The van der Waals surface area contributed by atoms with E-state index in [4.69, 9.17) is 4.99 Å². The predicted octanol–water partition coefficient (Wildman–Crippen LogP) is 2.61. The third-order valence-electron chi connectivity index (χ3n) is 5.03. The van der Waals surface area contributed by atoms with Crippen molar-refractivity contribution in [1.29, 1.82) is 0 Å². The summed E-state index contributed by atoms with van der Waals surface area (Å²) in [6, 6.07) is 8.47. The van der Waals surface area contributed by atoms with E-state index in [0.717, 1.165) is 38.6 Å². The van der Waals surface area contributed by atoms with Crippen molar-refractivity contribution in [1.82, 2.24) is 20.5 Å². The van der Waals surface area contributed by atoms with E-state index in [0.29, 0.717) is 5.92 Å². The quantitative estimate of drug-likeness (QED) is 0.536. The summed E-state index contributed by atoms with van der Waals surface area (Å²) in [6.07, 6.45) is 4.38. The molecule has 1 aromatic carbocycles. The van der Waals surface area contributed by atoms with Gasteiger partial charge in [0.25, 0.3) is 0 Å². The van der Waals surface area contributed by atoms with Crippen LogP contribution in [0.2, 0.25) is 0 Å². The summed E-state index contributed by atoms with van der Waals surface area (Å²) in [5.74, 6) is 1.64. The third-order valence-corrected chi connectivity index (χ3v) is 5.03. The van der Waals surface area contributed by atoms with Gasteiger partial charge in [0.1, 0.15) is 0 Å². The first kappa shape index (κ1) is 17.8. The van der Waals surface area contributed by atoms with Crippen molar-refractivity contribution in [2.75, 3.05) is 39.3 Å². The Morgan fingerprint density at radius 1 is 1.28 bits per heavy atom. The number of aromatic nitrogens is 1. The van der Waals surface area contributed by atoms with E-state index in [1.807, 2.05) is 0 Å². The highest BCUT2D eigenvalue weighted by Crippen LogP contribution is 2.18. The summed E-state index contributed by atoms with van der Waals surface area (Å²) < 4.78 is 0. The maximum atomic E-state index is 4.81. The van der Waals surface area contributed by atoms with Crippen molar-refractivity contribution in [3.63, 3.8) is 0 Å². The zero-order valence-corrected chi connectivity index (χ0v) is 15.5. The number of H-pyrrole nitrogens is 1. The van der Waals surface area contributed by atoms with Crippen molar-refractivity contribution >= 4 is 16.9 Å². The number of rotatable bonds is 7. The fraction of sp³-hybridized carbons (Fsp3) is 0.550. The lowest BCUT2D eigenvalue weighted by Crippen LogP contribution is -2.38. The maximum Gasteiger partial charge on any atom is 0.191 e. The van der Waals surface area contributed by atoms with Crippen molar-refractivity contribution < 1.29 is 0 Å². The molecule has 1 unspecified atom stereocenters. The average Bonchev–Trinajstić information content (AvgIpc) is 3.26. The molecule has 1 fully saturated rings. The number of likely N-dealkylation sites (tertiary alicyclic amines) is 1. The van der Waals surface area contributed by atoms with E-state index >= 15 is 0 Å². The molecular weight excluding hydrogens is 310 g/mol. The van der Waals surface area contributed by atoms with Crippen molar-refractivity contribution in [2.24, 2.45) is 10.9 Å². The highest BCUT2D eigenvalue weighted by molar-refractivity contribution is 5.83. The van der Waals surface area contributed by atoms with Gasteiger partial charge in [-0.3, -0.25) is 4.99 Å². The molecule has 0 radical (unpaired) electrons. The van der Waals surface area contributed by atoms with Crippen LogP contribution in [0, 0.1) is 5.92 Å². The summed E-state index contributed by atoms with van der Waals surface area (Å²) in [5.41, 5.74) is 2.56. The molecule has 1 aromatic heterocycles. The van der Waals surface area contributed by atoms with Gasteiger partial charge in [-0.2, -0.15) is 0 Å². The second-order valence-corrected chi connectivity index (χ2v) is 6.80. The van der Waals surface area contributed by atoms with Gasteiger partial charge in [0.2, 0.25) is 0 Å². The van der Waals surface area contributed by atoms with Crippen LogP contribution in [-0.2, 0) is 6.42 Å². The van der Waals surface area contributed by atoms with Gasteiger partial charge in [-0.25, -0.2) is 0 Å². The smallest absolute Gasteiger partial charge is 0.191 e.